The summed E-state index contributed by atoms with van der Waals surface area (Å²) in [6, 6.07) is 0.129. The maximum Gasteiger partial charge on any atom is 0.225 e. The topological polar surface area (TPSA) is 38.3 Å². The van der Waals surface area contributed by atoms with Gasteiger partial charge in [0.2, 0.25) is 5.91 Å². The minimum absolute atomic E-state index is 0.0977. The number of rotatable bonds is 2. The van der Waals surface area contributed by atoms with Crippen LogP contribution in [0.2, 0.25) is 0 Å². The highest BCUT2D eigenvalue weighted by atomic mass is 16.5. The Morgan fingerprint density at radius 2 is 2.14 bits per heavy atom. The third kappa shape index (κ3) is 2.98. The number of ether oxygens (including phenoxy) is 1. The minimum atomic E-state index is -0.313. The van der Waals surface area contributed by atoms with E-state index >= 15 is 0 Å². The Kier molecular flexibility index (Phi) is 3.53. The van der Waals surface area contributed by atoms with Crippen molar-refractivity contribution >= 4 is 5.91 Å². The molecule has 0 unspecified atom stereocenters. The maximum atomic E-state index is 11.7. The average molecular weight is 199 g/mol. The monoisotopic (exact) mass is 199 g/mol. The van der Waals surface area contributed by atoms with Gasteiger partial charge in [-0.15, -0.1) is 0 Å². The Labute approximate surface area is 86.2 Å². The van der Waals surface area contributed by atoms with Gasteiger partial charge in [0.05, 0.1) is 12.1 Å². The molecule has 1 aliphatic heterocycles. The van der Waals surface area contributed by atoms with Crippen molar-refractivity contribution in [3.63, 3.8) is 0 Å². The summed E-state index contributed by atoms with van der Waals surface area (Å²) in [5, 5.41) is 3.00. The lowest BCUT2D eigenvalue weighted by atomic mass is 9.95. The number of amides is 1. The van der Waals surface area contributed by atoms with Crippen molar-refractivity contribution in [1.29, 1.82) is 0 Å². The lowest BCUT2D eigenvalue weighted by molar-refractivity contribution is -0.130. The van der Waals surface area contributed by atoms with Crippen LogP contribution in [-0.4, -0.2) is 24.7 Å². The van der Waals surface area contributed by atoms with E-state index in [4.69, 9.17) is 4.74 Å². The summed E-state index contributed by atoms with van der Waals surface area (Å²) in [6.07, 6.45) is 2.38. The largest absolute Gasteiger partial charge is 0.376 e. The summed E-state index contributed by atoms with van der Waals surface area (Å²) in [7, 11) is 0. The fourth-order valence-corrected chi connectivity index (χ4v) is 1.51. The quantitative estimate of drug-likeness (QED) is 0.735. The normalized spacial score (nSPS) is 24.7. The van der Waals surface area contributed by atoms with Crippen molar-refractivity contribution in [1.82, 2.24) is 5.32 Å². The molecule has 1 fully saturated rings. The Hall–Kier alpha value is -0.570. The first-order valence-corrected chi connectivity index (χ1v) is 5.34. The van der Waals surface area contributed by atoms with Crippen LogP contribution in [0, 0.1) is 5.41 Å². The van der Waals surface area contributed by atoms with Gasteiger partial charge in [0, 0.05) is 12.0 Å². The van der Waals surface area contributed by atoms with Crippen molar-refractivity contribution in [2.75, 3.05) is 6.61 Å². The van der Waals surface area contributed by atoms with Gasteiger partial charge in [-0.2, -0.15) is 0 Å². The standard InChI is InChI=1S/C11H21NO2/c1-8(9-6-5-7-14-9)12-10(13)11(2,3)4/h8-9H,5-7H2,1-4H3,(H,12,13)/t8-,9+/m1/s1. The van der Waals surface area contributed by atoms with E-state index in [0.717, 1.165) is 19.4 Å². The van der Waals surface area contributed by atoms with Crippen LogP contribution in [0.3, 0.4) is 0 Å². The molecule has 2 atom stereocenters. The molecule has 1 amide bonds. The Morgan fingerprint density at radius 3 is 2.57 bits per heavy atom. The highest BCUT2D eigenvalue weighted by Crippen LogP contribution is 2.18. The van der Waals surface area contributed by atoms with Crippen LogP contribution in [0.4, 0.5) is 0 Å². The van der Waals surface area contributed by atoms with E-state index in [-0.39, 0.29) is 23.5 Å². The van der Waals surface area contributed by atoms with Crippen molar-refractivity contribution < 1.29 is 9.53 Å². The average Bonchev–Trinajstić information content (AvgIpc) is 2.53. The van der Waals surface area contributed by atoms with E-state index in [2.05, 4.69) is 5.32 Å². The van der Waals surface area contributed by atoms with Gasteiger partial charge < -0.3 is 10.1 Å². The van der Waals surface area contributed by atoms with E-state index in [1.165, 1.54) is 0 Å². The van der Waals surface area contributed by atoms with Gasteiger partial charge in [-0.1, -0.05) is 20.8 Å². The molecule has 0 aromatic rings. The molecule has 1 rings (SSSR count). The minimum Gasteiger partial charge on any atom is -0.376 e. The zero-order valence-electron chi connectivity index (χ0n) is 9.59. The van der Waals surface area contributed by atoms with E-state index in [1.807, 2.05) is 27.7 Å². The van der Waals surface area contributed by atoms with Gasteiger partial charge in [-0.05, 0) is 19.8 Å². The summed E-state index contributed by atoms with van der Waals surface area (Å²) in [6.45, 7) is 8.61. The summed E-state index contributed by atoms with van der Waals surface area (Å²) < 4.78 is 5.51. The molecule has 0 aromatic carbocycles. The second kappa shape index (κ2) is 4.30. The fraction of sp³-hybridized carbons (Fsp3) is 0.909. The van der Waals surface area contributed by atoms with Crippen LogP contribution >= 0.6 is 0 Å². The van der Waals surface area contributed by atoms with Gasteiger partial charge in [-0.3, -0.25) is 4.79 Å². The molecule has 1 heterocycles. The van der Waals surface area contributed by atoms with Crippen LogP contribution in [0.1, 0.15) is 40.5 Å². The second-order valence-corrected chi connectivity index (χ2v) is 5.06. The lowest BCUT2D eigenvalue weighted by Crippen LogP contribution is -2.45. The lowest BCUT2D eigenvalue weighted by Gasteiger charge is -2.25. The molecular weight excluding hydrogens is 178 g/mol. The third-order valence-corrected chi connectivity index (χ3v) is 2.56. The molecule has 0 bridgehead atoms. The van der Waals surface area contributed by atoms with Gasteiger partial charge in [0.1, 0.15) is 0 Å². The molecule has 0 saturated carbocycles. The first-order chi connectivity index (χ1) is 6.41. The third-order valence-electron chi connectivity index (χ3n) is 2.56. The first kappa shape index (κ1) is 11.5. The zero-order chi connectivity index (χ0) is 10.8. The van der Waals surface area contributed by atoms with Crippen molar-refractivity contribution in [3.05, 3.63) is 0 Å². The molecule has 1 saturated heterocycles. The molecular formula is C11H21NO2. The molecule has 0 spiro atoms. The van der Waals surface area contributed by atoms with Crippen molar-refractivity contribution in [3.8, 4) is 0 Å². The molecule has 82 valence electrons. The highest BCUT2D eigenvalue weighted by molar-refractivity contribution is 5.81. The molecule has 3 heteroatoms. The molecule has 1 N–H and O–H groups in total. The Balaban J connectivity index is 2.39. The number of carbonyl (C=O) groups is 1. The zero-order valence-corrected chi connectivity index (χ0v) is 9.59. The number of carbonyl (C=O) groups excluding carboxylic acids is 1. The smallest absolute Gasteiger partial charge is 0.225 e. The Morgan fingerprint density at radius 1 is 1.50 bits per heavy atom. The summed E-state index contributed by atoms with van der Waals surface area (Å²) >= 11 is 0. The predicted octanol–water partition coefficient (Wildman–Crippen LogP) is 1.72. The number of hydrogen-bond donors (Lipinski definition) is 1. The van der Waals surface area contributed by atoms with Gasteiger partial charge in [-0.25, -0.2) is 0 Å². The van der Waals surface area contributed by atoms with E-state index in [0.29, 0.717) is 0 Å². The van der Waals surface area contributed by atoms with Gasteiger partial charge in [0.25, 0.3) is 0 Å². The Bertz CT molecular complexity index is 202. The maximum absolute atomic E-state index is 11.7. The SMILES string of the molecule is C[C@@H](NC(=O)C(C)(C)C)[C@@H]1CCCO1. The van der Waals surface area contributed by atoms with Crippen LogP contribution in [0.25, 0.3) is 0 Å². The highest BCUT2D eigenvalue weighted by Gasteiger charge is 2.27. The van der Waals surface area contributed by atoms with E-state index in [9.17, 15) is 4.79 Å². The van der Waals surface area contributed by atoms with Crippen LogP contribution < -0.4 is 5.32 Å². The van der Waals surface area contributed by atoms with Crippen LogP contribution in [0.5, 0.6) is 0 Å². The fourth-order valence-electron chi connectivity index (χ4n) is 1.51. The molecule has 1 aliphatic rings. The molecule has 14 heavy (non-hydrogen) atoms. The van der Waals surface area contributed by atoms with E-state index in [1.54, 1.807) is 0 Å². The van der Waals surface area contributed by atoms with Gasteiger partial charge >= 0.3 is 0 Å². The summed E-state index contributed by atoms with van der Waals surface area (Å²) in [5.41, 5.74) is -0.313. The molecule has 0 aliphatic carbocycles. The van der Waals surface area contributed by atoms with Gasteiger partial charge in [0.15, 0.2) is 0 Å². The van der Waals surface area contributed by atoms with E-state index < -0.39 is 0 Å². The first-order valence-electron chi connectivity index (χ1n) is 5.34. The predicted molar refractivity (Wildman–Crippen MR) is 56.0 cm³/mol. The molecule has 0 aromatic heterocycles. The summed E-state index contributed by atoms with van der Waals surface area (Å²) in [5.74, 6) is 0.0977. The van der Waals surface area contributed by atoms with Crippen LogP contribution in [0.15, 0.2) is 0 Å². The number of hydrogen-bond acceptors (Lipinski definition) is 2. The van der Waals surface area contributed by atoms with Crippen molar-refractivity contribution in [2.24, 2.45) is 5.41 Å². The molecule has 0 radical (unpaired) electrons. The number of nitrogens with one attached hydrogen (secondary N) is 1. The summed E-state index contributed by atoms with van der Waals surface area (Å²) in [4.78, 5) is 11.7. The van der Waals surface area contributed by atoms with Crippen molar-refractivity contribution in [2.45, 2.75) is 52.7 Å². The molecule has 3 nitrogen and oxygen atoms in total. The van der Waals surface area contributed by atoms with Crippen LogP contribution in [-0.2, 0) is 9.53 Å². The second-order valence-electron chi connectivity index (χ2n) is 5.06.